The first-order valence-corrected chi connectivity index (χ1v) is 7.10. The minimum absolute atomic E-state index is 0.0159. The van der Waals surface area contributed by atoms with Gasteiger partial charge in [0.05, 0.1) is 6.20 Å². The molecular formula is C16H18ClFN2. The second kappa shape index (κ2) is 6.82. The molecule has 0 fully saturated rings. The third kappa shape index (κ3) is 3.78. The molecule has 0 bridgehead atoms. The monoisotopic (exact) mass is 292 g/mol. The Kier molecular flexibility index (Phi) is 5.10. The molecule has 2 nitrogen and oxygen atoms in total. The summed E-state index contributed by atoms with van der Waals surface area (Å²) in [7, 11) is 0. The van der Waals surface area contributed by atoms with Gasteiger partial charge in [0.1, 0.15) is 5.82 Å². The van der Waals surface area contributed by atoms with Crippen molar-refractivity contribution in [1.29, 1.82) is 0 Å². The summed E-state index contributed by atoms with van der Waals surface area (Å²) in [6.45, 7) is 4.11. The summed E-state index contributed by atoms with van der Waals surface area (Å²) in [5.41, 5.74) is 1.97. The van der Waals surface area contributed by atoms with Gasteiger partial charge in [-0.15, -0.1) is 0 Å². The number of rotatable bonds is 5. The zero-order valence-corrected chi connectivity index (χ0v) is 12.4. The molecule has 2 atom stereocenters. The predicted octanol–water partition coefficient (Wildman–Crippen LogP) is 4.68. The lowest BCUT2D eigenvalue weighted by molar-refractivity contribution is 0.454. The smallest absolute Gasteiger partial charge is 0.141 e. The standard InChI is InChI=1S/C16H18ClFN2/c1-3-16(12-5-4-6-14(17)7-12)20-11(2)13-8-15(18)10-19-9-13/h4-11,16,20H,3H2,1-2H3. The third-order valence-corrected chi connectivity index (χ3v) is 3.57. The van der Waals surface area contributed by atoms with Crippen LogP contribution in [-0.4, -0.2) is 4.98 Å². The molecule has 0 radical (unpaired) electrons. The molecule has 0 aliphatic heterocycles. The van der Waals surface area contributed by atoms with Crippen LogP contribution in [0.15, 0.2) is 42.7 Å². The van der Waals surface area contributed by atoms with Crippen molar-refractivity contribution < 1.29 is 4.39 Å². The number of nitrogens with zero attached hydrogens (tertiary/aromatic N) is 1. The lowest BCUT2D eigenvalue weighted by atomic mass is 10.0. The molecular weight excluding hydrogens is 275 g/mol. The maximum absolute atomic E-state index is 13.2. The molecule has 0 saturated carbocycles. The van der Waals surface area contributed by atoms with Crippen molar-refractivity contribution in [2.24, 2.45) is 0 Å². The van der Waals surface area contributed by atoms with E-state index < -0.39 is 0 Å². The summed E-state index contributed by atoms with van der Waals surface area (Å²) >= 11 is 6.03. The number of hydrogen-bond acceptors (Lipinski definition) is 2. The number of aromatic nitrogens is 1. The van der Waals surface area contributed by atoms with E-state index >= 15 is 0 Å². The van der Waals surface area contributed by atoms with Crippen molar-refractivity contribution in [3.05, 3.63) is 64.7 Å². The van der Waals surface area contributed by atoms with Crippen LogP contribution in [0.25, 0.3) is 0 Å². The van der Waals surface area contributed by atoms with Gasteiger partial charge in [-0.05, 0) is 42.7 Å². The molecule has 4 heteroatoms. The highest BCUT2D eigenvalue weighted by atomic mass is 35.5. The van der Waals surface area contributed by atoms with Crippen LogP contribution in [0.2, 0.25) is 5.02 Å². The van der Waals surface area contributed by atoms with Gasteiger partial charge >= 0.3 is 0 Å². The minimum atomic E-state index is -0.313. The maximum atomic E-state index is 13.2. The fourth-order valence-electron chi connectivity index (χ4n) is 2.24. The molecule has 20 heavy (non-hydrogen) atoms. The summed E-state index contributed by atoms with van der Waals surface area (Å²) in [5.74, 6) is -0.313. The molecule has 0 aliphatic carbocycles. The van der Waals surface area contributed by atoms with E-state index in [-0.39, 0.29) is 17.9 Å². The highest BCUT2D eigenvalue weighted by Crippen LogP contribution is 2.24. The summed E-state index contributed by atoms with van der Waals surface area (Å²) in [6, 6.07) is 9.50. The molecule has 106 valence electrons. The number of nitrogens with one attached hydrogen (secondary N) is 1. The number of halogens is 2. The fraction of sp³-hybridized carbons (Fsp3) is 0.312. The van der Waals surface area contributed by atoms with E-state index in [9.17, 15) is 4.39 Å². The number of pyridine rings is 1. The first kappa shape index (κ1) is 14.9. The van der Waals surface area contributed by atoms with E-state index in [1.165, 1.54) is 12.3 Å². The highest BCUT2D eigenvalue weighted by molar-refractivity contribution is 6.30. The lowest BCUT2D eigenvalue weighted by Crippen LogP contribution is -2.24. The molecule has 1 heterocycles. The van der Waals surface area contributed by atoms with Crippen LogP contribution in [0.4, 0.5) is 4.39 Å². The van der Waals surface area contributed by atoms with Crippen LogP contribution in [0.5, 0.6) is 0 Å². The van der Waals surface area contributed by atoms with Crippen molar-refractivity contribution in [2.75, 3.05) is 0 Å². The van der Waals surface area contributed by atoms with Gasteiger partial charge in [0, 0.05) is 23.3 Å². The Balaban J connectivity index is 2.14. The van der Waals surface area contributed by atoms with E-state index in [4.69, 9.17) is 11.6 Å². The highest BCUT2D eigenvalue weighted by Gasteiger charge is 2.14. The topological polar surface area (TPSA) is 24.9 Å². The molecule has 0 saturated heterocycles. The quantitative estimate of drug-likeness (QED) is 0.866. The second-order valence-corrected chi connectivity index (χ2v) is 5.28. The van der Waals surface area contributed by atoms with Crippen LogP contribution in [0.1, 0.15) is 43.5 Å². The van der Waals surface area contributed by atoms with Crippen LogP contribution in [-0.2, 0) is 0 Å². The number of hydrogen-bond donors (Lipinski definition) is 1. The molecule has 0 spiro atoms. The summed E-state index contributed by atoms with van der Waals surface area (Å²) in [4.78, 5) is 3.89. The summed E-state index contributed by atoms with van der Waals surface area (Å²) in [6.07, 6.45) is 3.82. The first-order chi connectivity index (χ1) is 9.60. The van der Waals surface area contributed by atoms with Crippen molar-refractivity contribution >= 4 is 11.6 Å². The zero-order chi connectivity index (χ0) is 14.5. The summed E-state index contributed by atoms with van der Waals surface area (Å²) < 4.78 is 13.2. The summed E-state index contributed by atoms with van der Waals surface area (Å²) in [5, 5.41) is 4.21. The molecule has 1 aromatic carbocycles. The maximum Gasteiger partial charge on any atom is 0.141 e. The third-order valence-electron chi connectivity index (χ3n) is 3.34. The Labute approximate surface area is 124 Å². The minimum Gasteiger partial charge on any atom is -0.303 e. The molecule has 1 aromatic heterocycles. The zero-order valence-electron chi connectivity index (χ0n) is 11.6. The Bertz CT molecular complexity index is 574. The second-order valence-electron chi connectivity index (χ2n) is 4.84. The van der Waals surface area contributed by atoms with Gasteiger partial charge in [0.25, 0.3) is 0 Å². The van der Waals surface area contributed by atoms with Gasteiger partial charge in [0.2, 0.25) is 0 Å². The van der Waals surface area contributed by atoms with Gasteiger partial charge in [-0.1, -0.05) is 30.7 Å². The van der Waals surface area contributed by atoms with Gasteiger partial charge in [-0.25, -0.2) is 4.39 Å². The molecule has 2 unspecified atom stereocenters. The lowest BCUT2D eigenvalue weighted by Gasteiger charge is -2.23. The van der Waals surface area contributed by atoms with Crippen LogP contribution < -0.4 is 5.32 Å². The van der Waals surface area contributed by atoms with Crippen LogP contribution in [0, 0.1) is 5.82 Å². The van der Waals surface area contributed by atoms with Crippen molar-refractivity contribution in [3.63, 3.8) is 0 Å². The van der Waals surface area contributed by atoms with E-state index in [2.05, 4.69) is 17.2 Å². The van der Waals surface area contributed by atoms with Crippen molar-refractivity contribution in [2.45, 2.75) is 32.4 Å². The molecule has 0 amide bonds. The SMILES string of the molecule is CCC(NC(C)c1cncc(F)c1)c1cccc(Cl)c1. The van der Waals surface area contributed by atoms with E-state index in [0.717, 1.165) is 22.6 Å². The van der Waals surface area contributed by atoms with Gasteiger partial charge in [-0.2, -0.15) is 0 Å². The van der Waals surface area contributed by atoms with E-state index in [1.807, 2.05) is 31.2 Å². The average molecular weight is 293 g/mol. The molecule has 2 aromatic rings. The molecule has 1 N–H and O–H groups in total. The Morgan fingerprint density at radius 1 is 1.25 bits per heavy atom. The largest absolute Gasteiger partial charge is 0.303 e. The van der Waals surface area contributed by atoms with E-state index in [1.54, 1.807) is 6.20 Å². The Morgan fingerprint density at radius 2 is 2.05 bits per heavy atom. The van der Waals surface area contributed by atoms with Gasteiger partial charge in [-0.3, -0.25) is 4.98 Å². The van der Waals surface area contributed by atoms with E-state index in [0.29, 0.717) is 0 Å². The molecule has 0 aliphatic rings. The molecule has 2 rings (SSSR count). The van der Waals surface area contributed by atoms with Crippen LogP contribution >= 0.6 is 11.6 Å². The Hall–Kier alpha value is -1.45. The van der Waals surface area contributed by atoms with Gasteiger partial charge < -0.3 is 5.32 Å². The first-order valence-electron chi connectivity index (χ1n) is 6.72. The van der Waals surface area contributed by atoms with Crippen molar-refractivity contribution in [3.8, 4) is 0 Å². The fourth-order valence-corrected chi connectivity index (χ4v) is 2.43. The van der Waals surface area contributed by atoms with Gasteiger partial charge in [0.15, 0.2) is 0 Å². The normalized spacial score (nSPS) is 14.0. The van der Waals surface area contributed by atoms with Crippen LogP contribution in [0.3, 0.4) is 0 Å². The average Bonchev–Trinajstić information content (AvgIpc) is 2.44. The van der Waals surface area contributed by atoms with Crippen molar-refractivity contribution in [1.82, 2.24) is 10.3 Å². The number of benzene rings is 1. The Morgan fingerprint density at radius 3 is 2.70 bits per heavy atom. The predicted molar refractivity (Wildman–Crippen MR) is 80.2 cm³/mol.